The van der Waals surface area contributed by atoms with E-state index in [-0.39, 0.29) is 10.8 Å². The molecule has 5 heteroatoms. The Balaban J connectivity index is 2.12. The van der Waals surface area contributed by atoms with Gasteiger partial charge in [0, 0.05) is 18.5 Å². The average Bonchev–Trinajstić information content (AvgIpc) is 2.62. The number of H-pyrrole nitrogens is 1. The lowest BCUT2D eigenvalue weighted by Crippen LogP contribution is -2.42. The Kier molecular flexibility index (Phi) is 3.14. The highest BCUT2D eigenvalue weighted by Crippen LogP contribution is 2.22. The molecule has 0 aliphatic carbocycles. The fourth-order valence-corrected chi connectivity index (χ4v) is 2.94. The minimum atomic E-state index is -0.165. The highest BCUT2D eigenvalue weighted by molar-refractivity contribution is 7.07. The summed E-state index contributed by atoms with van der Waals surface area (Å²) < 4.78 is 0. The first-order chi connectivity index (χ1) is 7.56. The van der Waals surface area contributed by atoms with Crippen molar-refractivity contribution in [2.45, 2.75) is 20.3 Å². The van der Waals surface area contributed by atoms with Crippen molar-refractivity contribution in [2.24, 2.45) is 11.8 Å². The zero-order chi connectivity index (χ0) is 11.7. The van der Waals surface area contributed by atoms with E-state index >= 15 is 0 Å². The Labute approximate surface area is 98.3 Å². The molecule has 1 N–H and O–H groups in total. The van der Waals surface area contributed by atoms with Crippen LogP contribution in [-0.4, -0.2) is 28.9 Å². The minimum absolute atomic E-state index is 0.0447. The number of amides is 1. The summed E-state index contributed by atoms with van der Waals surface area (Å²) in [4.78, 5) is 27.3. The fourth-order valence-electron chi connectivity index (χ4n) is 2.38. The van der Waals surface area contributed by atoms with Crippen LogP contribution >= 0.6 is 11.3 Å². The van der Waals surface area contributed by atoms with Crippen molar-refractivity contribution in [2.75, 3.05) is 13.1 Å². The minimum Gasteiger partial charge on any atom is -0.337 e. The Morgan fingerprint density at radius 3 is 2.56 bits per heavy atom. The predicted octanol–water partition coefficient (Wildman–Crippen LogP) is 1.55. The first-order valence-corrected chi connectivity index (χ1v) is 6.41. The number of aromatic nitrogens is 1. The number of rotatable bonds is 1. The normalized spacial score (nSPS) is 25.8. The van der Waals surface area contributed by atoms with Crippen LogP contribution in [0.4, 0.5) is 0 Å². The quantitative estimate of drug-likeness (QED) is 0.809. The maximum absolute atomic E-state index is 12.1. The summed E-state index contributed by atoms with van der Waals surface area (Å²) in [7, 11) is 0. The number of nitrogens with zero attached hydrogens (tertiary/aromatic N) is 1. The van der Waals surface area contributed by atoms with Crippen LogP contribution in [0.5, 0.6) is 0 Å². The molecule has 1 amide bonds. The second-order valence-corrected chi connectivity index (χ2v) is 5.56. The Bertz CT molecular complexity index is 427. The van der Waals surface area contributed by atoms with Crippen molar-refractivity contribution in [1.29, 1.82) is 0 Å². The molecular weight excluding hydrogens is 224 g/mol. The largest absolute Gasteiger partial charge is 0.337 e. The summed E-state index contributed by atoms with van der Waals surface area (Å²) in [5, 5.41) is 1.61. The molecule has 1 saturated heterocycles. The summed E-state index contributed by atoms with van der Waals surface area (Å²) in [6.45, 7) is 5.90. The van der Waals surface area contributed by atoms with E-state index in [0.717, 1.165) is 24.4 Å². The molecule has 88 valence electrons. The van der Waals surface area contributed by atoms with E-state index in [2.05, 4.69) is 18.8 Å². The second kappa shape index (κ2) is 4.41. The summed E-state index contributed by atoms with van der Waals surface area (Å²) in [5.41, 5.74) is 0.427. The number of carbonyl (C=O) groups is 1. The van der Waals surface area contributed by atoms with Crippen molar-refractivity contribution in [3.8, 4) is 0 Å². The van der Waals surface area contributed by atoms with Gasteiger partial charge in [-0.2, -0.15) is 0 Å². The lowest BCUT2D eigenvalue weighted by molar-refractivity contribution is 0.0618. The highest BCUT2D eigenvalue weighted by Gasteiger charge is 2.26. The molecule has 1 aromatic rings. The molecule has 1 aliphatic rings. The number of nitrogens with one attached hydrogen (secondary N) is 1. The zero-order valence-corrected chi connectivity index (χ0v) is 10.3. The summed E-state index contributed by atoms with van der Waals surface area (Å²) >= 11 is 1.04. The molecule has 0 aromatic carbocycles. The number of hydrogen-bond donors (Lipinski definition) is 1. The molecule has 2 atom stereocenters. The fraction of sp³-hybridized carbons (Fsp3) is 0.636. The summed E-state index contributed by atoms with van der Waals surface area (Å²) in [6.07, 6.45) is 1.17. The van der Waals surface area contributed by atoms with Crippen LogP contribution in [0.3, 0.4) is 0 Å². The van der Waals surface area contributed by atoms with Crippen molar-refractivity contribution >= 4 is 17.2 Å². The lowest BCUT2D eigenvalue weighted by Gasteiger charge is -2.34. The topological polar surface area (TPSA) is 53.2 Å². The van der Waals surface area contributed by atoms with E-state index < -0.39 is 0 Å². The van der Waals surface area contributed by atoms with E-state index in [0.29, 0.717) is 17.5 Å². The van der Waals surface area contributed by atoms with Gasteiger partial charge in [0.2, 0.25) is 0 Å². The second-order valence-electron chi connectivity index (χ2n) is 4.72. The Hall–Kier alpha value is -1.10. The first kappa shape index (κ1) is 11.4. The van der Waals surface area contributed by atoms with Crippen LogP contribution in [0, 0.1) is 11.8 Å². The number of carbonyl (C=O) groups excluding carboxylic acids is 1. The number of hydrogen-bond acceptors (Lipinski definition) is 3. The van der Waals surface area contributed by atoms with Crippen LogP contribution in [0.1, 0.15) is 30.8 Å². The van der Waals surface area contributed by atoms with Crippen LogP contribution in [-0.2, 0) is 0 Å². The van der Waals surface area contributed by atoms with Crippen LogP contribution < -0.4 is 4.87 Å². The molecule has 1 aromatic heterocycles. The summed E-state index contributed by atoms with van der Waals surface area (Å²) in [5.74, 6) is 1.04. The molecule has 1 fully saturated rings. The van der Waals surface area contributed by atoms with Gasteiger partial charge in [0.25, 0.3) is 5.91 Å². The van der Waals surface area contributed by atoms with Crippen LogP contribution in [0.25, 0.3) is 0 Å². The molecule has 0 saturated carbocycles. The monoisotopic (exact) mass is 240 g/mol. The number of likely N-dealkylation sites (tertiary alicyclic amines) is 1. The molecule has 4 nitrogen and oxygen atoms in total. The third-order valence-electron chi connectivity index (χ3n) is 2.91. The van der Waals surface area contributed by atoms with Gasteiger partial charge < -0.3 is 9.88 Å². The van der Waals surface area contributed by atoms with Gasteiger partial charge in [0.1, 0.15) is 5.69 Å². The first-order valence-electron chi connectivity index (χ1n) is 5.53. The van der Waals surface area contributed by atoms with E-state index in [4.69, 9.17) is 0 Å². The Morgan fingerprint density at radius 1 is 1.44 bits per heavy atom. The molecule has 2 unspecified atom stereocenters. The van der Waals surface area contributed by atoms with Crippen LogP contribution in [0.15, 0.2) is 10.2 Å². The molecular formula is C11H16N2O2S. The molecule has 16 heavy (non-hydrogen) atoms. The van der Waals surface area contributed by atoms with Gasteiger partial charge >= 0.3 is 4.87 Å². The van der Waals surface area contributed by atoms with Gasteiger partial charge in [-0.25, -0.2) is 0 Å². The summed E-state index contributed by atoms with van der Waals surface area (Å²) in [6, 6.07) is 0. The van der Waals surface area contributed by atoms with E-state index in [9.17, 15) is 9.59 Å². The standard InChI is InChI=1S/C11H16N2O2S/c1-7-3-8(2)5-13(4-7)10(14)9-6-16-11(15)12-9/h6-8H,3-5H2,1-2H3,(H,12,15). The van der Waals surface area contributed by atoms with Gasteiger partial charge in [-0.05, 0) is 18.3 Å². The number of piperidine rings is 1. The number of aromatic amines is 1. The van der Waals surface area contributed by atoms with Gasteiger partial charge in [0.05, 0.1) is 0 Å². The smallest absolute Gasteiger partial charge is 0.305 e. The van der Waals surface area contributed by atoms with Crippen molar-refractivity contribution in [3.63, 3.8) is 0 Å². The molecule has 1 aliphatic heterocycles. The lowest BCUT2D eigenvalue weighted by atomic mass is 9.92. The molecule has 2 rings (SSSR count). The third-order valence-corrected chi connectivity index (χ3v) is 3.58. The number of thiazole rings is 1. The maximum atomic E-state index is 12.1. The van der Waals surface area contributed by atoms with E-state index in [1.54, 1.807) is 5.38 Å². The van der Waals surface area contributed by atoms with Crippen molar-refractivity contribution in [1.82, 2.24) is 9.88 Å². The molecule has 0 bridgehead atoms. The van der Waals surface area contributed by atoms with Gasteiger partial charge in [-0.3, -0.25) is 9.59 Å². The molecule has 0 radical (unpaired) electrons. The van der Waals surface area contributed by atoms with Crippen molar-refractivity contribution in [3.05, 3.63) is 20.7 Å². The van der Waals surface area contributed by atoms with E-state index in [1.807, 2.05) is 4.90 Å². The maximum Gasteiger partial charge on any atom is 0.305 e. The van der Waals surface area contributed by atoms with Gasteiger partial charge in [-0.15, -0.1) is 0 Å². The van der Waals surface area contributed by atoms with Crippen LogP contribution in [0.2, 0.25) is 0 Å². The SMILES string of the molecule is CC1CC(C)CN(C(=O)c2csc(=O)[nH]2)C1. The zero-order valence-electron chi connectivity index (χ0n) is 9.53. The van der Waals surface area contributed by atoms with E-state index in [1.165, 1.54) is 6.42 Å². The van der Waals surface area contributed by atoms with Gasteiger partial charge in [-0.1, -0.05) is 25.2 Å². The average molecular weight is 240 g/mol. The third kappa shape index (κ3) is 2.35. The van der Waals surface area contributed by atoms with Gasteiger partial charge in [0.15, 0.2) is 0 Å². The molecule has 2 heterocycles. The predicted molar refractivity (Wildman–Crippen MR) is 63.8 cm³/mol. The molecule has 0 spiro atoms. The Morgan fingerprint density at radius 2 is 2.06 bits per heavy atom. The van der Waals surface area contributed by atoms with Crippen molar-refractivity contribution < 1.29 is 4.79 Å². The highest BCUT2D eigenvalue weighted by atomic mass is 32.1.